The summed E-state index contributed by atoms with van der Waals surface area (Å²) in [6, 6.07) is 14.1. The molecule has 0 aliphatic carbocycles. The van der Waals surface area contributed by atoms with Gasteiger partial charge in [0, 0.05) is 24.4 Å². The van der Waals surface area contributed by atoms with Gasteiger partial charge >= 0.3 is 5.97 Å². The summed E-state index contributed by atoms with van der Waals surface area (Å²) in [5.41, 5.74) is 0.125. The number of hydrogen-bond acceptors (Lipinski definition) is 4. The number of carbonyl (C=O) groups excluding carboxylic acids is 1. The summed E-state index contributed by atoms with van der Waals surface area (Å²) in [5, 5.41) is 9.36. The van der Waals surface area contributed by atoms with E-state index in [1.54, 1.807) is 18.2 Å². The predicted octanol–water partition coefficient (Wildman–Crippen LogP) is 4.52. The fourth-order valence-electron chi connectivity index (χ4n) is 6.10. The maximum absolute atomic E-state index is 14.2. The first-order valence-corrected chi connectivity index (χ1v) is 12.0. The van der Waals surface area contributed by atoms with Crippen LogP contribution in [0, 0.1) is 11.7 Å². The van der Waals surface area contributed by atoms with E-state index in [2.05, 4.69) is 0 Å². The zero-order valence-electron chi connectivity index (χ0n) is 19.3. The molecule has 1 spiro atoms. The predicted molar refractivity (Wildman–Crippen MR) is 123 cm³/mol. The summed E-state index contributed by atoms with van der Waals surface area (Å²) >= 11 is 0. The van der Waals surface area contributed by atoms with E-state index < -0.39 is 17.1 Å². The van der Waals surface area contributed by atoms with E-state index in [0.717, 1.165) is 24.2 Å². The Balaban J connectivity index is 1.44. The van der Waals surface area contributed by atoms with Gasteiger partial charge in [0.2, 0.25) is 5.91 Å². The smallest absolute Gasteiger partial charge is 0.303 e. The maximum Gasteiger partial charge on any atom is 0.303 e. The highest BCUT2D eigenvalue weighted by molar-refractivity contribution is 5.80. The van der Waals surface area contributed by atoms with Crippen LogP contribution in [0.5, 0.6) is 5.75 Å². The third-order valence-corrected chi connectivity index (χ3v) is 7.88. The van der Waals surface area contributed by atoms with Gasteiger partial charge in [-0.2, -0.15) is 0 Å². The van der Waals surface area contributed by atoms with Crippen molar-refractivity contribution in [3.63, 3.8) is 0 Å². The Morgan fingerprint density at radius 1 is 1.18 bits per heavy atom. The van der Waals surface area contributed by atoms with Crippen LogP contribution in [0.25, 0.3) is 0 Å². The topological polar surface area (TPSA) is 76.1 Å². The van der Waals surface area contributed by atoms with Crippen molar-refractivity contribution in [1.29, 1.82) is 0 Å². The van der Waals surface area contributed by atoms with Crippen LogP contribution in [0.2, 0.25) is 0 Å². The summed E-state index contributed by atoms with van der Waals surface area (Å²) in [5.74, 6) is -0.727. The lowest BCUT2D eigenvalue weighted by atomic mass is 9.68. The Morgan fingerprint density at radius 2 is 1.94 bits per heavy atom. The Bertz CT molecular complexity index is 1110. The molecule has 3 aliphatic rings. The SMILES string of the molecule is C[C@@]1(CCC(=O)O)Oc2ccccc2[C@@H]2OC[C@]3(CCCN3C(=O)Cc3ccccc3F)C[C@H]21. The van der Waals surface area contributed by atoms with E-state index in [9.17, 15) is 19.1 Å². The number of aliphatic carboxylic acids is 1. The van der Waals surface area contributed by atoms with E-state index in [4.69, 9.17) is 9.47 Å². The van der Waals surface area contributed by atoms with Crippen molar-refractivity contribution >= 4 is 11.9 Å². The fraction of sp³-hybridized carbons (Fsp3) is 0.481. The van der Waals surface area contributed by atoms with Crippen LogP contribution in [0.15, 0.2) is 48.5 Å². The maximum atomic E-state index is 14.2. The second kappa shape index (κ2) is 8.69. The summed E-state index contributed by atoms with van der Waals surface area (Å²) in [7, 11) is 0. The molecule has 3 aliphatic heterocycles. The molecular formula is C27H30FNO5. The van der Waals surface area contributed by atoms with Crippen LogP contribution in [-0.4, -0.2) is 46.2 Å². The molecule has 2 fully saturated rings. The van der Waals surface area contributed by atoms with Gasteiger partial charge in [-0.15, -0.1) is 0 Å². The quantitative estimate of drug-likeness (QED) is 0.700. The van der Waals surface area contributed by atoms with Crippen LogP contribution in [0.4, 0.5) is 4.39 Å². The van der Waals surface area contributed by atoms with Crippen molar-refractivity contribution in [3.8, 4) is 5.75 Å². The minimum absolute atomic E-state index is 0.00911. The van der Waals surface area contributed by atoms with Crippen molar-refractivity contribution < 1.29 is 28.6 Å². The number of amides is 1. The molecule has 4 atom stereocenters. The monoisotopic (exact) mass is 467 g/mol. The van der Waals surface area contributed by atoms with Crippen molar-refractivity contribution in [2.24, 2.45) is 5.92 Å². The van der Waals surface area contributed by atoms with E-state index in [0.29, 0.717) is 31.6 Å². The fourth-order valence-corrected chi connectivity index (χ4v) is 6.10. The molecule has 0 aromatic heterocycles. The van der Waals surface area contributed by atoms with Gasteiger partial charge in [-0.25, -0.2) is 4.39 Å². The van der Waals surface area contributed by atoms with Crippen LogP contribution < -0.4 is 4.74 Å². The number of carbonyl (C=O) groups is 2. The Hall–Kier alpha value is -2.93. The minimum atomic E-state index is -0.866. The lowest BCUT2D eigenvalue weighted by Crippen LogP contribution is -2.60. The number of ether oxygens (including phenoxy) is 2. The summed E-state index contributed by atoms with van der Waals surface area (Å²) in [4.78, 5) is 26.7. The number of carboxylic acid groups (broad SMARTS) is 1. The molecule has 3 heterocycles. The molecular weight excluding hydrogens is 437 g/mol. The van der Waals surface area contributed by atoms with Gasteiger partial charge in [0.05, 0.1) is 24.7 Å². The van der Waals surface area contributed by atoms with Crippen LogP contribution in [0.1, 0.15) is 56.3 Å². The standard InChI is InChI=1S/C27H30FNO5/c1-26(13-11-24(31)32)20-16-27(17-33-25(20)19-8-3-5-10-22(19)34-26)12-6-14-29(27)23(30)15-18-7-2-4-9-21(18)28/h2-5,7-10,20,25H,6,11-17H2,1H3,(H,31,32)/t20-,25+,26+,27+/m1/s1. The normalized spacial score (nSPS) is 29.9. The molecule has 1 N–H and O–H groups in total. The molecule has 180 valence electrons. The first-order valence-electron chi connectivity index (χ1n) is 12.0. The number of rotatable bonds is 5. The second-order valence-corrected chi connectivity index (χ2v) is 10.0. The molecule has 0 bridgehead atoms. The summed E-state index contributed by atoms with van der Waals surface area (Å²) in [6.07, 6.45) is 2.44. The highest BCUT2D eigenvalue weighted by atomic mass is 19.1. The van der Waals surface area contributed by atoms with Crippen LogP contribution in [-0.2, 0) is 20.7 Å². The van der Waals surface area contributed by atoms with Crippen molar-refractivity contribution in [2.75, 3.05) is 13.2 Å². The molecule has 2 aromatic rings. The van der Waals surface area contributed by atoms with Gasteiger partial charge in [0.25, 0.3) is 0 Å². The molecule has 2 aromatic carbocycles. The third-order valence-electron chi connectivity index (χ3n) is 7.88. The number of para-hydroxylation sites is 1. The first kappa shape index (κ1) is 22.8. The highest BCUT2D eigenvalue weighted by Crippen LogP contribution is 2.55. The van der Waals surface area contributed by atoms with E-state index >= 15 is 0 Å². The number of nitrogens with zero attached hydrogens (tertiary/aromatic N) is 1. The molecule has 1 amide bonds. The molecule has 7 heteroatoms. The van der Waals surface area contributed by atoms with E-state index in [1.165, 1.54) is 6.07 Å². The molecule has 0 radical (unpaired) electrons. The highest BCUT2D eigenvalue weighted by Gasteiger charge is 2.57. The molecule has 2 saturated heterocycles. The van der Waals surface area contributed by atoms with E-state index in [1.807, 2.05) is 36.1 Å². The van der Waals surface area contributed by atoms with Crippen LogP contribution >= 0.6 is 0 Å². The number of halogens is 1. The number of carboxylic acids is 1. The zero-order chi connectivity index (χ0) is 23.9. The van der Waals surface area contributed by atoms with E-state index in [-0.39, 0.29) is 36.6 Å². The summed E-state index contributed by atoms with van der Waals surface area (Å²) < 4.78 is 27.2. The van der Waals surface area contributed by atoms with Crippen molar-refractivity contribution in [1.82, 2.24) is 4.90 Å². The van der Waals surface area contributed by atoms with Crippen molar-refractivity contribution in [3.05, 3.63) is 65.5 Å². The lowest BCUT2D eigenvalue weighted by molar-refractivity contribution is -0.179. The Kier molecular flexibility index (Phi) is 5.84. The van der Waals surface area contributed by atoms with Gasteiger partial charge in [0.1, 0.15) is 17.2 Å². The molecule has 34 heavy (non-hydrogen) atoms. The number of hydrogen-bond donors (Lipinski definition) is 1. The third kappa shape index (κ3) is 3.96. The Labute approximate surface area is 198 Å². The lowest BCUT2D eigenvalue weighted by Gasteiger charge is -2.54. The van der Waals surface area contributed by atoms with Gasteiger partial charge in [0.15, 0.2) is 0 Å². The second-order valence-electron chi connectivity index (χ2n) is 10.0. The van der Waals surface area contributed by atoms with Crippen molar-refractivity contribution in [2.45, 2.75) is 62.7 Å². The van der Waals surface area contributed by atoms with Gasteiger partial charge in [-0.3, -0.25) is 9.59 Å². The average Bonchev–Trinajstić information content (AvgIpc) is 3.22. The Morgan fingerprint density at radius 3 is 2.74 bits per heavy atom. The number of benzene rings is 2. The number of fused-ring (bicyclic) bond motifs is 3. The average molecular weight is 468 g/mol. The molecule has 0 saturated carbocycles. The molecule has 5 rings (SSSR count). The minimum Gasteiger partial charge on any atom is -0.487 e. The molecule has 0 unspecified atom stereocenters. The van der Waals surface area contributed by atoms with Gasteiger partial charge in [-0.05, 0) is 50.3 Å². The first-order chi connectivity index (χ1) is 16.3. The van der Waals surface area contributed by atoms with Gasteiger partial charge in [-0.1, -0.05) is 36.4 Å². The summed E-state index contributed by atoms with van der Waals surface area (Å²) in [6.45, 7) is 2.98. The van der Waals surface area contributed by atoms with Crippen LogP contribution in [0.3, 0.4) is 0 Å². The molecule has 6 nitrogen and oxygen atoms in total. The number of likely N-dealkylation sites (tertiary alicyclic amines) is 1. The van der Waals surface area contributed by atoms with Gasteiger partial charge < -0.3 is 19.5 Å². The zero-order valence-corrected chi connectivity index (χ0v) is 19.3. The largest absolute Gasteiger partial charge is 0.487 e.